The summed E-state index contributed by atoms with van der Waals surface area (Å²) in [4.78, 5) is 0. The highest BCUT2D eigenvalue weighted by Crippen LogP contribution is 2.29. The number of ether oxygens (including phenoxy) is 1. The Morgan fingerprint density at radius 2 is 2.13 bits per heavy atom. The standard InChI is InChI=1S/C12H7ClFO/c13-11-8-9(14)6-7-12(11)15-10-4-2-1-3-5-10/h1-2,4-8H. The Kier molecular flexibility index (Phi) is 2.88. The molecule has 2 aromatic rings. The number of rotatable bonds is 2. The van der Waals surface area contributed by atoms with E-state index in [0.29, 0.717) is 11.5 Å². The molecule has 0 unspecified atom stereocenters. The van der Waals surface area contributed by atoms with Crippen LogP contribution in [0.15, 0.2) is 42.5 Å². The van der Waals surface area contributed by atoms with Crippen molar-refractivity contribution < 1.29 is 9.13 Å². The molecule has 0 aliphatic rings. The summed E-state index contributed by atoms with van der Waals surface area (Å²) in [5, 5.41) is 0.249. The summed E-state index contributed by atoms with van der Waals surface area (Å²) in [6.45, 7) is 0. The van der Waals surface area contributed by atoms with E-state index < -0.39 is 0 Å². The first kappa shape index (κ1) is 9.99. The first-order valence-corrected chi connectivity index (χ1v) is 4.72. The van der Waals surface area contributed by atoms with Gasteiger partial charge < -0.3 is 4.74 Å². The molecule has 0 saturated heterocycles. The Bertz CT molecular complexity index is 456. The lowest BCUT2D eigenvalue weighted by atomic mass is 10.3. The van der Waals surface area contributed by atoms with Gasteiger partial charge in [-0.15, -0.1) is 0 Å². The van der Waals surface area contributed by atoms with Gasteiger partial charge in [-0.05, 0) is 36.4 Å². The third-order valence-corrected chi connectivity index (χ3v) is 2.10. The highest BCUT2D eigenvalue weighted by molar-refractivity contribution is 6.32. The van der Waals surface area contributed by atoms with Gasteiger partial charge in [-0.25, -0.2) is 4.39 Å². The second-order valence-electron chi connectivity index (χ2n) is 2.92. The fourth-order valence-electron chi connectivity index (χ4n) is 1.13. The van der Waals surface area contributed by atoms with E-state index in [1.807, 2.05) is 0 Å². The van der Waals surface area contributed by atoms with E-state index in [1.165, 1.54) is 18.2 Å². The van der Waals surface area contributed by atoms with Gasteiger partial charge in [0.05, 0.1) is 5.02 Å². The van der Waals surface area contributed by atoms with E-state index in [9.17, 15) is 4.39 Å². The highest BCUT2D eigenvalue weighted by atomic mass is 35.5. The topological polar surface area (TPSA) is 9.23 Å². The third-order valence-electron chi connectivity index (χ3n) is 1.80. The Morgan fingerprint density at radius 3 is 2.80 bits per heavy atom. The minimum Gasteiger partial charge on any atom is -0.456 e. The van der Waals surface area contributed by atoms with Crippen LogP contribution >= 0.6 is 11.6 Å². The van der Waals surface area contributed by atoms with Crippen LogP contribution in [0, 0.1) is 11.9 Å². The molecule has 0 spiro atoms. The molecule has 2 aromatic carbocycles. The van der Waals surface area contributed by atoms with E-state index in [2.05, 4.69) is 6.07 Å². The summed E-state index contributed by atoms with van der Waals surface area (Å²) < 4.78 is 18.2. The number of hydrogen-bond acceptors (Lipinski definition) is 1. The summed E-state index contributed by atoms with van der Waals surface area (Å²) >= 11 is 5.80. The molecule has 15 heavy (non-hydrogen) atoms. The molecule has 0 bridgehead atoms. The molecular weight excluding hydrogens is 215 g/mol. The van der Waals surface area contributed by atoms with Crippen molar-refractivity contribution in [2.75, 3.05) is 0 Å². The zero-order valence-corrected chi connectivity index (χ0v) is 8.46. The Labute approximate surface area is 92.1 Å². The maximum atomic E-state index is 12.7. The Morgan fingerprint density at radius 1 is 1.27 bits per heavy atom. The van der Waals surface area contributed by atoms with Gasteiger partial charge in [0.2, 0.25) is 0 Å². The second-order valence-corrected chi connectivity index (χ2v) is 3.32. The normalized spacial score (nSPS) is 10.0. The van der Waals surface area contributed by atoms with Crippen molar-refractivity contribution in [3.8, 4) is 11.5 Å². The van der Waals surface area contributed by atoms with E-state index >= 15 is 0 Å². The van der Waals surface area contributed by atoms with Gasteiger partial charge in [-0.1, -0.05) is 23.7 Å². The zero-order valence-electron chi connectivity index (χ0n) is 7.71. The van der Waals surface area contributed by atoms with Gasteiger partial charge in [0.25, 0.3) is 0 Å². The van der Waals surface area contributed by atoms with Crippen molar-refractivity contribution in [2.45, 2.75) is 0 Å². The molecule has 0 heterocycles. The van der Waals surface area contributed by atoms with E-state index in [4.69, 9.17) is 16.3 Å². The molecule has 0 amide bonds. The maximum Gasteiger partial charge on any atom is 0.146 e. The summed E-state index contributed by atoms with van der Waals surface area (Å²) in [6, 6.07) is 13.9. The summed E-state index contributed by atoms with van der Waals surface area (Å²) in [5.74, 6) is 0.663. The van der Waals surface area contributed by atoms with Gasteiger partial charge in [0.15, 0.2) is 0 Å². The average Bonchev–Trinajstić information content (AvgIpc) is 2.24. The molecule has 0 saturated carbocycles. The molecule has 0 N–H and O–H groups in total. The van der Waals surface area contributed by atoms with Crippen LogP contribution in [-0.2, 0) is 0 Å². The van der Waals surface area contributed by atoms with Gasteiger partial charge in [0, 0.05) is 0 Å². The van der Waals surface area contributed by atoms with Crippen LogP contribution in [0.4, 0.5) is 4.39 Å². The molecule has 1 nitrogen and oxygen atoms in total. The maximum absolute atomic E-state index is 12.7. The lowest BCUT2D eigenvalue weighted by molar-refractivity contribution is 0.481. The van der Waals surface area contributed by atoms with Crippen molar-refractivity contribution in [1.82, 2.24) is 0 Å². The number of benzene rings is 2. The summed E-state index contributed by atoms with van der Waals surface area (Å²) in [7, 11) is 0. The van der Waals surface area contributed by atoms with Crippen LogP contribution < -0.4 is 4.74 Å². The quantitative estimate of drug-likeness (QED) is 0.743. The minimum absolute atomic E-state index is 0.249. The van der Waals surface area contributed by atoms with E-state index in [0.717, 1.165) is 0 Å². The van der Waals surface area contributed by atoms with Gasteiger partial charge in [0.1, 0.15) is 17.3 Å². The summed E-state index contributed by atoms with van der Waals surface area (Å²) in [5.41, 5.74) is 0. The van der Waals surface area contributed by atoms with Crippen molar-refractivity contribution in [2.24, 2.45) is 0 Å². The molecular formula is C12H7ClFO. The minimum atomic E-state index is -0.382. The molecule has 75 valence electrons. The predicted molar refractivity (Wildman–Crippen MR) is 56.8 cm³/mol. The van der Waals surface area contributed by atoms with Crippen LogP contribution in [0.3, 0.4) is 0 Å². The molecule has 0 aromatic heterocycles. The smallest absolute Gasteiger partial charge is 0.146 e. The van der Waals surface area contributed by atoms with Gasteiger partial charge >= 0.3 is 0 Å². The molecule has 0 aliphatic heterocycles. The molecule has 3 heteroatoms. The Hall–Kier alpha value is -1.54. The predicted octanol–water partition coefficient (Wildman–Crippen LogP) is 4.07. The zero-order chi connectivity index (χ0) is 10.7. The van der Waals surface area contributed by atoms with Gasteiger partial charge in [-0.2, -0.15) is 0 Å². The molecule has 0 aliphatic carbocycles. The first-order chi connectivity index (χ1) is 7.25. The average molecular weight is 222 g/mol. The van der Waals surface area contributed by atoms with Crippen LogP contribution in [-0.4, -0.2) is 0 Å². The van der Waals surface area contributed by atoms with Crippen molar-refractivity contribution in [1.29, 1.82) is 0 Å². The van der Waals surface area contributed by atoms with E-state index in [-0.39, 0.29) is 10.8 Å². The largest absolute Gasteiger partial charge is 0.456 e. The fraction of sp³-hybridized carbons (Fsp3) is 0. The molecule has 2 rings (SSSR count). The van der Waals surface area contributed by atoms with Gasteiger partial charge in [-0.3, -0.25) is 0 Å². The molecule has 0 fully saturated rings. The number of halogens is 2. The van der Waals surface area contributed by atoms with Crippen LogP contribution in [0.1, 0.15) is 0 Å². The van der Waals surface area contributed by atoms with Crippen LogP contribution in [0.5, 0.6) is 11.5 Å². The third kappa shape index (κ3) is 2.48. The van der Waals surface area contributed by atoms with Crippen molar-refractivity contribution in [3.63, 3.8) is 0 Å². The summed E-state index contributed by atoms with van der Waals surface area (Å²) in [6.07, 6.45) is 0. The lowest BCUT2D eigenvalue weighted by Crippen LogP contribution is -1.85. The molecule has 0 atom stereocenters. The number of hydrogen-bond donors (Lipinski definition) is 0. The van der Waals surface area contributed by atoms with Crippen LogP contribution in [0.2, 0.25) is 5.02 Å². The molecule has 1 radical (unpaired) electrons. The highest BCUT2D eigenvalue weighted by Gasteiger charge is 2.03. The van der Waals surface area contributed by atoms with Crippen LogP contribution in [0.25, 0.3) is 0 Å². The van der Waals surface area contributed by atoms with E-state index in [1.54, 1.807) is 24.3 Å². The van der Waals surface area contributed by atoms with Crippen molar-refractivity contribution >= 4 is 11.6 Å². The van der Waals surface area contributed by atoms with Crippen molar-refractivity contribution in [3.05, 3.63) is 59.4 Å². The first-order valence-electron chi connectivity index (χ1n) is 4.35. The Balaban J connectivity index is 2.25. The SMILES string of the molecule is Fc1ccc(Oc2c[c]ccc2)c(Cl)c1. The second kappa shape index (κ2) is 4.32. The lowest BCUT2D eigenvalue weighted by Gasteiger charge is -2.06. The monoisotopic (exact) mass is 221 g/mol. The fourth-order valence-corrected chi connectivity index (χ4v) is 1.33.